The largest absolute Gasteiger partial charge is 0.344 e. The van der Waals surface area contributed by atoms with E-state index in [4.69, 9.17) is 0 Å². The van der Waals surface area contributed by atoms with Crippen molar-refractivity contribution in [2.75, 3.05) is 5.32 Å². The highest BCUT2D eigenvalue weighted by Crippen LogP contribution is 2.25. The molecule has 0 radical (unpaired) electrons. The van der Waals surface area contributed by atoms with Gasteiger partial charge in [0.25, 0.3) is 0 Å². The number of amides is 2. The van der Waals surface area contributed by atoms with E-state index in [2.05, 4.69) is 20.6 Å². The van der Waals surface area contributed by atoms with Gasteiger partial charge >= 0.3 is 11.8 Å². The van der Waals surface area contributed by atoms with E-state index < -0.39 is 11.8 Å². The average Bonchev–Trinajstić information content (AvgIpc) is 2.96. The van der Waals surface area contributed by atoms with Crippen LogP contribution in [0.5, 0.6) is 0 Å². The lowest BCUT2D eigenvalue weighted by Crippen LogP contribution is -2.34. The lowest BCUT2D eigenvalue weighted by molar-refractivity contribution is -0.136. The zero-order chi connectivity index (χ0) is 16.2. The second kappa shape index (κ2) is 6.53. The highest BCUT2D eigenvalue weighted by molar-refractivity contribution is 7.22. The van der Waals surface area contributed by atoms with Crippen LogP contribution < -0.4 is 10.6 Å². The fourth-order valence-electron chi connectivity index (χ4n) is 1.95. The summed E-state index contributed by atoms with van der Waals surface area (Å²) in [7, 11) is 0. The quantitative estimate of drug-likeness (QED) is 0.723. The molecule has 0 unspecified atom stereocenters. The van der Waals surface area contributed by atoms with Crippen molar-refractivity contribution in [2.24, 2.45) is 0 Å². The van der Waals surface area contributed by atoms with Crippen LogP contribution in [0.4, 0.5) is 5.13 Å². The monoisotopic (exact) mass is 326 g/mol. The Morgan fingerprint density at radius 3 is 2.70 bits per heavy atom. The second-order valence-corrected chi connectivity index (χ2v) is 5.96. The number of nitrogens with zero attached hydrogens (tertiary/aromatic N) is 2. The van der Waals surface area contributed by atoms with Gasteiger partial charge in [0.05, 0.1) is 10.2 Å². The number of aromatic nitrogens is 2. The maximum atomic E-state index is 11.9. The molecule has 3 rings (SSSR count). The third-order valence-corrected chi connectivity index (χ3v) is 4.10. The first kappa shape index (κ1) is 15.1. The molecule has 0 spiro atoms. The molecular formula is C16H14N4O2S. The molecule has 7 heteroatoms. The molecule has 116 valence electrons. The molecule has 0 saturated heterocycles. The van der Waals surface area contributed by atoms with Crippen molar-refractivity contribution in [2.45, 2.75) is 13.5 Å². The Morgan fingerprint density at radius 1 is 1.13 bits per heavy atom. The summed E-state index contributed by atoms with van der Waals surface area (Å²) in [4.78, 5) is 32.1. The highest BCUT2D eigenvalue weighted by Gasteiger charge is 2.15. The molecule has 2 amide bonds. The number of aryl methyl sites for hydroxylation is 1. The SMILES string of the molecule is Cc1ccc(CNC(=O)C(=O)Nc2nc3ccccc3s2)cn1. The van der Waals surface area contributed by atoms with Gasteiger partial charge in [0, 0.05) is 18.4 Å². The number of rotatable bonds is 3. The Morgan fingerprint density at radius 2 is 1.96 bits per heavy atom. The molecule has 0 aliphatic carbocycles. The van der Waals surface area contributed by atoms with E-state index in [0.717, 1.165) is 21.5 Å². The van der Waals surface area contributed by atoms with Gasteiger partial charge in [0.15, 0.2) is 5.13 Å². The maximum absolute atomic E-state index is 11.9. The normalized spacial score (nSPS) is 10.5. The molecule has 0 atom stereocenters. The van der Waals surface area contributed by atoms with E-state index in [-0.39, 0.29) is 6.54 Å². The van der Waals surface area contributed by atoms with Gasteiger partial charge in [-0.05, 0) is 30.7 Å². The second-order valence-electron chi connectivity index (χ2n) is 4.93. The Bertz CT molecular complexity index is 825. The number of benzene rings is 1. The van der Waals surface area contributed by atoms with Gasteiger partial charge in [-0.2, -0.15) is 0 Å². The fraction of sp³-hybridized carbons (Fsp3) is 0.125. The predicted molar refractivity (Wildman–Crippen MR) is 89.1 cm³/mol. The number of carbonyl (C=O) groups excluding carboxylic acids is 2. The standard InChI is InChI=1S/C16H14N4O2S/c1-10-6-7-11(8-17-10)9-18-14(21)15(22)20-16-19-12-4-2-3-5-13(12)23-16/h2-8H,9H2,1H3,(H,18,21)(H,19,20,22). The van der Waals surface area contributed by atoms with Gasteiger partial charge in [-0.1, -0.05) is 29.5 Å². The first-order valence-corrected chi connectivity index (χ1v) is 7.80. The molecule has 0 bridgehead atoms. The van der Waals surface area contributed by atoms with Gasteiger partial charge in [0.1, 0.15) is 0 Å². The molecular weight excluding hydrogens is 312 g/mol. The minimum absolute atomic E-state index is 0.249. The van der Waals surface area contributed by atoms with Crippen molar-refractivity contribution in [3.05, 3.63) is 53.9 Å². The average molecular weight is 326 g/mol. The van der Waals surface area contributed by atoms with E-state index in [0.29, 0.717) is 5.13 Å². The summed E-state index contributed by atoms with van der Waals surface area (Å²) in [5.74, 6) is -1.44. The molecule has 2 aromatic heterocycles. The third kappa shape index (κ3) is 3.70. The van der Waals surface area contributed by atoms with Gasteiger partial charge < -0.3 is 5.32 Å². The van der Waals surface area contributed by atoms with Crippen molar-refractivity contribution in [3.8, 4) is 0 Å². The molecule has 2 heterocycles. The van der Waals surface area contributed by atoms with Crippen LogP contribution in [0.1, 0.15) is 11.3 Å². The van der Waals surface area contributed by atoms with Crippen molar-refractivity contribution in [1.29, 1.82) is 0 Å². The molecule has 0 fully saturated rings. The lowest BCUT2D eigenvalue weighted by atomic mass is 10.2. The number of thiazole rings is 1. The van der Waals surface area contributed by atoms with E-state index in [1.54, 1.807) is 6.20 Å². The van der Waals surface area contributed by atoms with E-state index in [9.17, 15) is 9.59 Å². The molecule has 1 aromatic carbocycles. The number of anilines is 1. The first-order valence-electron chi connectivity index (χ1n) is 6.98. The predicted octanol–water partition coefficient (Wildman–Crippen LogP) is 2.25. The van der Waals surface area contributed by atoms with Crippen LogP contribution in [0, 0.1) is 6.92 Å². The number of hydrogen-bond donors (Lipinski definition) is 2. The van der Waals surface area contributed by atoms with Crippen molar-refractivity contribution in [3.63, 3.8) is 0 Å². The third-order valence-electron chi connectivity index (χ3n) is 3.15. The zero-order valence-electron chi connectivity index (χ0n) is 12.4. The number of nitrogens with one attached hydrogen (secondary N) is 2. The molecule has 0 aliphatic rings. The fourth-order valence-corrected chi connectivity index (χ4v) is 2.81. The van der Waals surface area contributed by atoms with Gasteiger partial charge in [-0.15, -0.1) is 0 Å². The molecule has 23 heavy (non-hydrogen) atoms. The van der Waals surface area contributed by atoms with Gasteiger partial charge in [0.2, 0.25) is 0 Å². The summed E-state index contributed by atoms with van der Waals surface area (Å²) >= 11 is 1.33. The lowest BCUT2D eigenvalue weighted by Gasteiger charge is -2.04. The van der Waals surface area contributed by atoms with Crippen molar-refractivity contribution in [1.82, 2.24) is 15.3 Å². The summed E-state index contributed by atoms with van der Waals surface area (Å²) in [6.07, 6.45) is 1.67. The molecule has 0 aliphatic heterocycles. The van der Waals surface area contributed by atoms with E-state index in [1.165, 1.54) is 11.3 Å². The van der Waals surface area contributed by atoms with E-state index >= 15 is 0 Å². The van der Waals surface area contributed by atoms with Crippen LogP contribution in [-0.4, -0.2) is 21.8 Å². The van der Waals surface area contributed by atoms with Crippen molar-refractivity contribution >= 4 is 38.5 Å². The minimum Gasteiger partial charge on any atom is -0.344 e. The molecule has 3 aromatic rings. The highest BCUT2D eigenvalue weighted by atomic mass is 32.1. The molecule has 6 nitrogen and oxygen atoms in total. The van der Waals surface area contributed by atoms with Crippen LogP contribution >= 0.6 is 11.3 Å². The number of para-hydroxylation sites is 1. The maximum Gasteiger partial charge on any atom is 0.315 e. The van der Waals surface area contributed by atoms with Crippen LogP contribution in [0.25, 0.3) is 10.2 Å². The van der Waals surface area contributed by atoms with Crippen molar-refractivity contribution < 1.29 is 9.59 Å². The topological polar surface area (TPSA) is 84.0 Å². The number of fused-ring (bicyclic) bond motifs is 1. The van der Waals surface area contributed by atoms with Gasteiger partial charge in [-0.3, -0.25) is 19.9 Å². The smallest absolute Gasteiger partial charge is 0.315 e. The summed E-state index contributed by atoms with van der Waals surface area (Å²) in [6.45, 7) is 2.13. The summed E-state index contributed by atoms with van der Waals surface area (Å²) in [5, 5.41) is 5.48. The zero-order valence-corrected chi connectivity index (χ0v) is 13.2. The Balaban J connectivity index is 1.58. The van der Waals surface area contributed by atoms with Crippen LogP contribution in [0.15, 0.2) is 42.6 Å². The number of pyridine rings is 1. The van der Waals surface area contributed by atoms with Crippen LogP contribution in [0.2, 0.25) is 0 Å². The first-order chi connectivity index (χ1) is 11.1. The number of hydrogen-bond acceptors (Lipinski definition) is 5. The van der Waals surface area contributed by atoms with Crippen LogP contribution in [-0.2, 0) is 16.1 Å². The minimum atomic E-state index is -0.732. The summed E-state index contributed by atoms with van der Waals surface area (Å²) in [6, 6.07) is 11.2. The molecule has 0 saturated carbocycles. The Labute approximate surface area is 136 Å². The summed E-state index contributed by atoms with van der Waals surface area (Å²) < 4.78 is 0.953. The summed E-state index contributed by atoms with van der Waals surface area (Å²) in [5.41, 5.74) is 2.52. The number of carbonyl (C=O) groups is 2. The van der Waals surface area contributed by atoms with E-state index in [1.807, 2.05) is 43.3 Å². The van der Waals surface area contributed by atoms with Crippen LogP contribution in [0.3, 0.4) is 0 Å². The van der Waals surface area contributed by atoms with Gasteiger partial charge in [-0.25, -0.2) is 4.98 Å². The molecule has 2 N–H and O–H groups in total. The Hall–Kier alpha value is -2.80. The Kier molecular flexibility index (Phi) is 4.29.